The Morgan fingerprint density at radius 2 is 1.81 bits per heavy atom. The molecule has 4 heteroatoms. The van der Waals surface area contributed by atoms with Gasteiger partial charge in [0.15, 0.2) is 0 Å². The third kappa shape index (κ3) is 2.55. The molecular formula is C12H11NO3. The van der Waals surface area contributed by atoms with Gasteiger partial charge in [0, 0.05) is 11.6 Å². The highest BCUT2D eigenvalue weighted by Gasteiger charge is 2.20. The molecule has 1 aliphatic heterocycles. The number of imide groups is 1. The lowest BCUT2D eigenvalue weighted by Gasteiger charge is -2.03. The molecule has 0 bridgehead atoms. The van der Waals surface area contributed by atoms with Crippen LogP contribution in [0.1, 0.15) is 5.56 Å². The van der Waals surface area contributed by atoms with Gasteiger partial charge in [0.25, 0.3) is 11.8 Å². The molecule has 0 aromatic heterocycles. The molecule has 1 N–H and O–H groups in total. The Morgan fingerprint density at radius 3 is 2.44 bits per heavy atom. The SMILES string of the molecule is O=C1C=C(COCc2ccccc2)C(=O)N1. The maximum absolute atomic E-state index is 11.1. The lowest BCUT2D eigenvalue weighted by Crippen LogP contribution is -2.23. The zero-order valence-electron chi connectivity index (χ0n) is 8.60. The Kier molecular flexibility index (Phi) is 3.12. The molecule has 0 aliphatic carbocycles. The van der Waals surface area contributed by atoms with Crippen molar-refractivity contribution in [2.75, 3.05) is 6.61 Å². The van der Waals surface area contributed by atoms with E-state index in [0.717, 1.165) is 5.56 Å². The highest BCUT2D eigenvalue weighted by Crippen LogP contribution is 2.06. The average Bonchev–Trinajstić information content (AvgIpc) is 2.59. The van der Waals surface area contributed by atoms with E-state index in [0.29, 0.717) is 12.2 Å². The van der Waals surface area contributed by atoms with Crippen LogP contribution in [0.5, 0.6) is 0 Å². The lowest BCUT2D eigenvalue weighted by molar-refractivity contribution is -0.124. The van der Waals surface area contributed by atoms with Crippen molar-refractivity contribution in [3.05, 3.63) is 47.5 Å². The van der Waals surface area contributed by atoms with Gasteiger partial charge in [-0.1, -0.05) is 30.3 Å². The van der Waals surface area contributed by atoms with E-state index < -0.39 is 0 Å². The minimum Gasteiger partial charge on any atom is -0.372 e. The van der Waals surface area contributed by atoms with Crippen LogP contribution in [0.2, 0.25) is 0 Å². The molecule has 0 atom stereocenters. The zero-order valence-corrected chi connectivity index (χ0v) is 8.60. The summed E-state index contributed by atoms with van der Waals surface area (Å²) in [5.41, 5.74) is 1.41. The summed E-state index contributed by atoms with van der Waals surface area (Å²) in [5.74, 6) is -0.735. The Balaban J connectivity index is 1.83. The first-order valence-corrected chi connectivity index (χ1v) is 4.93. The topological polar surface area (TPSA) is 55.4 Å². The lowest BCUT2D eigenvalue weighted by atomic mass is 10.2. The van der Waals surface area contributed by atoms with Crippen LogP contribution in [0.4, 0.5) is 0 Å². The highest BCUT2D eigenvalue weighted by atomic mass is 16.5. The average molecular weight is 217 g/mol. The molecule has 1 aliphatic rings. The van der Waals surface area contributed by atoms with Crippen molar-refractivity contribution in [3.63, 3.8) is 0 Å². The summed E-state index contributed by atoms with van der Waals surface area (Å²) >= 11 is 0. The van der Waals surface area contributed by atoms with Crippen LogP contribution < -0.4 is 5.32 Å². The molecule has 0 radical (unpaired) electrons. The first kappa shape index (κ1) is 10.6. The fraction of sp³-hybridized carbons (Fsp3) is 0.167. The van der Waals surface area contributed by atoms with Gasteiger partial charge in [0.1, 0.15) is 0 Å². The number of hydrogen-bond donors (Lipinski definition) is 1. The molecule has 0 spiro atoms. The van der Waals surface area contributed by atoms with Crippen molar-refractivity contribution in [2.24, 2.45) is 0 Å². The van der Waals surface area contributed by atoms with Gasteiger partial charge in [-0.2, -0.15) is 0 Å². The highest BCUT2D eigenvalue weighted by molar-refractivity contribution is 6.16. The largest absolute Gasteiger partial charge is 0.372 e. The summed E-state index contributed by atoms with van der Waals surface area (Å²) in [6.45, 7) is 0.589. The maximum atomic E-state index is 11.1. The quantitative estimate of drug-likeness (QED) is 0.758. The molecule has 0 unspecified atom stereocenters. The molecule has 0 saturated heterocycles. The van der Waals surface area contributed by atoms with Gasteiger partial charge in [-0.25, -0.2) is 0 Å². The summed E-state index contributed by atoms with van der Waals surface area (Å²) in [4.78, 5) is 22.0. The van der Waals surface area contributed by atoms with Gasteiger partial charge in [0.05, 0.1) is 13.2 Å². The molecule has 2 rings (SSSR count). The minimum atomic E-state index is -0.372. The minimum absolute atomic E-state index is 0.159. The molecule has 1 aromatic carbocycles. The first-order chi connectivity index (χ1) is 7.75. The van der Waals surface area contributed by atoms with E-state index in [1.807, 2.05) is 30.3 Å². The summed E-state index contributed by atoms with van der Waals surface area (Å²) in [6, 6.07) is 9.64. The van der Waals surface area contributed by atoms with E-state index in [-0.39, 0.29) is 18.4 Å². The van der Waals surface area contributed by atoms with Crippen molar-refractivity contribution in [1.82, 2.24) is 5.32 Å². The van der Waals surface area contributed by atoms with Crippen LogP contribution in [-0.4, -0.2) is 18.4 Å². The van der Waals surface area contributed by atoms with Crippen LogP contribution in [0.3, 0.4) is 0 Å². The maximum Gasteiger partial charge on any atom is 0.256 e. The number of carbonyl (C=O) groups excluding carboxylic acids is 2. The number of rotatable bonds is 4. The van der Waals surface area contributed by atoms with Gasteiger partial charge in [-0.15, -0.1) is 0 Å². The van der Waals surface area contributed by atoms with E-state index in [1.54, 1.807) is 0 Å². The van der Waals surface area contributed by atoms with E-state index >= 15 is 0 Å². The zero-order chi connectivity index (χ0) is 11.4. The van der Waals surface area contributed by atoms with Crippen LogP contribution >= 0.6 is 0 Å². The molecule has 0 fully saturated rings. The Bertz CT molecular complexity index is 437. The van der Waals surface area contributed by atoms with E-state index in [2.05, 4.69) is 5.32 Å². The summed E-state index contributed by atoms with van der Waals surface area (Å²) in [5, 5.41) is 2.17. The number of hydrogen-bond acceptors (Lipinski definition) is 3. The molecule has 0 saturated carbocycles. The fourth-order valence-corrected chi connectivity index (χ4v) is 1.41. The predicted octanol–water partition coefficient (Wildman–Crippen LogP) is 0.786. The second-order valence-electron chi connectivity index (χ2n) is 3.47. The van der Waals surface area contributed by atoms with Crippen molar-refractivity contribution in [2.45, 2.75) is 6.61 Å². The third-order valence-electron chi connectivity index (χ3n) is 2.20. The van der Waals surface area contributed by atoms with Gasteiger partial charge in [-0.05, 0) is 5.56 Å². The van der Waals surface area contributed by atoms with Gasteiger partial charge < -0.3 is 4.74 Å². The van der Waals surface area contributed by atoms with Crippen molar-refractivity contribution in [1.29, 1.82) is 0 Å². The third-order valence-corrected chi connectivity index (χ3v) is 2.20. The van der Waals surface area contributed by atoms with Gasteiger partial charge in [0.2, 0.25) is 0 Å². The predicted molar refractivity (Wildman–Crippen MR) is 57.3 cm³/mol. The van der Waals surface area contributed by atoms with Gasteiger partial charge >= 0.3 is 0 Å². The summed E-state index contributed by atoms with van der Waals surface area (Å²) in [7, 11) is 0. The number of carbonyl (C=O) groups is 2. The smallest absolute Gasteiger partial charge is 0.256 e. The van der Waals surface area contributed by atoms with Crippen LogP contribution in [0.25, 0.3) is 0 Å². The second kappa shape index (κ2) is 4.72. The molecule has 1 aromatic rings. The van der Waals surface area contributed by atoms with Crippen molar-refractivity contribution in [3.8, 4) is 0 Å². The normalized spacial score (nSPS) is 14.9. The van der Waals surface area contributed by atoms with E-state index in [4.69, 9.17) is 4.74 Å². The standard InChI is InChI=1S/C12H11NO3/c14-11-6-10(12(15)13-11)8-16-7-9-4-2-1-3-5-9/h1-6H,7-8H2,(H,13,14,15). The molecule has 82 valence electrons. The molecule has 2 amide bonds. The van der Waals surface area contributed by atoms with E-state index in [9.17, 15) is 9.59 Å². The Hall–Kier alpha value is -1.94. The summed E-state index contributed by atoms with van der Waals surface area (Å²) < 4.78 is 5.34. The van der Waals surface area contributed by atoms with Crippen molar-refractivity contribution >= 4 is 11.8 Å². The summed E-state index contributed by atoms with van der Waals surface area (Å²) in [6.07, 6.45) is 1.27. The van der Waals surface area contributed by atoms with E-state index in [1.165, 1.54) is 6.08 Å². The number of ether oxygens (including phenoxy) is 1. The Labute approximate surface area is 92.9 Å². The van der Waals surface area contributed by atoms with Crippen LogP contribution in [0.15, 0.2) is 42.0 Å². The molecule has 16 heavy (non-hydrogen) atoms. The monoisotopic (exact) mass is 217 g/mol. The second-order valence-corrected chi connectivity index (χ2v) is 3.47. The Morgan fingerprint density at radius 1 is 1.06 bits per heavy atom. The number of nitrogens with one attached hydrogen (secondary N) is 1. The van der Waals surface area contributed by atoms with Crippen LogP contribution in [-0.2, 0) is 20.9 Å². The number of benzene rings is 1. The molecule has 4 nitrogen and oxygen atoms in total. The fourth-order valence-electron chi connectivity index (χ4n) is 1.41. The van der Waals surface area contributed by atoms with Gasteiger partial charge in [-0.3, -0.25) is 14.9 Å². The first-order valence-electron chi connectivity index (χ1n) is 4.93. The molecular weight excluding hydrogens is 206 g/mol. The van der Waals surface area contributed by atoms with Crippen LogP contribution in [0, 0.1) is 0 Å². The van der Waals surface area contributed by atoms with Crippen molar-refractivity contribution < 1.29 is 14.3 Å². The number of amides is 2. The molecule has 1 heterocycles.